The van der Waals surface area contributed by atoms with Gasteiger partial charge in [-0.2, -0.15) is 28.1 Å². The van der Waals surface area contributed by atoms with Gasteiger partial charge in [-0.15, -0.1) is 0 Å². The van der Waals surface area contributed by atoms with Crippen molar-refractivity contribution in [2.45, 2.75) is 26.1 Å². The van der Waals surface area contributed by atoms with E-state index in [9.17, 15) is 37.7 Å². The summed E-state index contributed by atoms with van der Waals surface area (Å²) in [7, 11) is 0. The summed E-state index contributed by atoms with van der Waals surface area (Å²) in [6.07, 6.45) is 3.21. The molecule has 266 valence electrons. The maximum absolute atomic E-state index is 14.3. The van der Waals surface area contributed by atoms with E-state index < -0.39 is 25.0 Å². The van der Waals surface area contributed by atoms with E-state index in [4.69, 9.17) is 0 Å². The van der Waals surface area contributed by atoms with Crippen LogP contribution in [0.5, 0.6) is 11.5 Å². The summed E-state index contributed by atoms with van der Waals surface area (Å²) < 4.78 is 59.7. The minimum Gasteiger partial charge on any atom is -0.435 e. The van der Waals surface area contributed by atoms with Crippen molar-refractivity contribution in [1.82, 2.24) is 9.80 Å². The molecule has 12 heteroatoms. The first-order valence-electron chi connectivity index (χ1n) is 16.1. The predicted octanol–water partition coefficient (Wildman–Crippen LogP) is 8.16. The Labute approximate surface area is 299 Å². The van der Waals surface area contributed by atoms with Crippen molar-refractivity contribution in [3.63, 3.8) is 0 Å². The molecule has 0 fully saturated rings. The average Bonchev–Trinajstić information content (AvgIpc) is 3.15. The Morgan fingerprint density at radius 1 is 0.558 bits per heavy atom. The fourth-order valence-electron chi connectivity index (χ4n) is 5.18. The summed E-state index contributed by atoms with van der Waals surface area (Å²) in [6.45, 7) is -5.89. The average molecular weight is 711 g/mol. The molecule has 8 nitrogen and oxygen atoms in total. The van der Waals surface area contributed by atoms with E-state index in [0.29, 0.717) is 22.3 Å². The van der Waals surface area contributed by atoms with Crippen LogP contribution in [0.3, 0.4) is 0 Å². The van der Waals surface area contributed by atoms with Crippen molar-refractivity contribution < 1.29 is 36.6 Å². The lowest BCUT2D eigenvalue weighted by atomic mass is 10.0. The van der Waals surface area contributed by atoms with Crippen LogP contribution in [0, 0.1) is 22.7 Å². The topological polar surface area (TPSA) is 107 Å². The van der Waals surface area contributed by atoms with Gasteiger partial charge in [0, 0.05) is 37.3 Å². The van der Waals surface area contributed by atoms with Gasteiger partial charge in [0.05, 0.1) is 25.0 Å². The molecule has 4 aromatic carbocycles. The molecule has 4 rings (SSSR count). The van der Waals surface area contributed by atoms with Gasteiger partial charge in [-0.3, -0.25) is 9.59 Å². The molecular formula is C40H34F4N4O4. The molecule has 0 unspecified atom stereocenters. The minimum atomic E-state index is -2.99. The van der Waals surface area contributed by atoms with Gasteiger partial charge < -0.3 is 19.3 Å². The quantitative estimate of drug-likeness (QED) is 0.0622. The van der Waals surface area contributed by atoms with E-state index in [1.54, 1.807) is 72.8 Å². The number of nitrogens with zero attached hydrogens (tertiary/aromatic N) is 4. The number of rotatable bonds is 17. The Hall–Kier alpha value is -6.40. The standard InChI is InChI=1S/C40H34F4N4O4/c41-39(42)51-33-17-13-29(14-18-33)27-35(31-9-3-1-4-10-31)37(49)47(23-7-21-45)25-26-48(24-8-22-46)38(50)36(32-11-5-2-6-12-32)28-30-15-19-34(20-16-30)52-40(43)44/h1-6,9-20,27-28,39-40H,7-8,23-26H2/b35-27+,36-28+. The zero-order chi connectivity index (χ0) is 37.3. The van der Waals surface area contributed by atoms with Crippen molar-refractivity contribution in [3.8, 4) is 23.6 Å². The Balaban J connectivity index is 1.66. The number of nitriles is 2. The molecule has 0 radical (unpaired) electrons. The van der Waals surface area contributed by atoms with E-state index in [2.05, 4.69) is 21.6 Å². The van der Waals surface area contributed by atoms with Crippen LogP contribution in [0.2, 0.25) is 0 Å². The smallest absolute Gasteiger partial charge is 0.387 e. The minimum absolute atomic E-state index is 0.0000522. The van der Waals surface area contributed by atoms with Gasteiger partial charge in [0.25, 0.3) is 11.8 Å². The molecule has 0 spiro atoms. The van der Waals surface area contributed by atoms with Gasteiger partial charge >= 0.3 is 13.2 Å². The van der Waals surface area contributed by atoms with Gasteiger partial charge in [0.15, 0.2) is 0 Å². The first-order valence-corrected chi connectivity index (χ1v) is 16.1. The summed E-state index contributed by atoms with van der Waals surface area (Å²) in [6, 6.07) is 33.3. The molecule has 0 aliphatic rings. The third kappa shape index (κ3) is 11.6. The lowest BCUT2D eigenvalue weighted by molar-refractivity contribution is -0.128. The van der Waals surface area contributed by atoms with Crippen LogP contribution in [0.25, 0.3) is 23.3 Å². The molecule has 4 aromatic rings. The summed E-state index contributed by atoms with van der Waals surface area (Å²) >= 11 is 0. The third-order valence-electron chi connectivity index (χ3n) is 7.66. The maximum atomic E-state index is 14.3. The fraction of sp³-hybridized carbons (Fsp3) is 0.200. The van der Waals surface area contributed by atoms with E-state index in [1.807, 2.05) is 0 Å². The Bertz CT molecular complexity index is 1760. The van der Waals surface area contributed by atoms with Crippen LogP contribution in [-0.2, 0) is 9.59 Å². The predicted molar refractivity (Wildman–Crippen MR) is 188 cm³/mol. The molecule has 0 aromatic heterocycles. The molecule has 0 atom stereocenters. The van der Waals surface area contributed by atoms with Gasteiger partial charge in [-0.25, -0.2) is 0 Å². The number of hydrogen-bond acceptors (Lipinski definition) is 6. The van der Waals surface area contributed by atoms with E-state index in [-0.39, 0.29) is 61.7 Å². The second-order valence-electron chi connectivity index (χ2n) is 11.1. The number of carbonyl (C=O) groups is 2. The molecule has 0 aliphatic carbocycles. The number of hydrogen-bond donors (Lipinski definition) is 0. The highest BCUT2D eigenvalue weighted by Crippen LogP contribution is 2.25. The summed E-state index contributed by atoms with van der Waals surface area (Å²) in [4.78, 5) is 31.4. The van der Waals surface area contributed by atoms with Gasteiger partial charge in [0.1, 0.15) is 11.5 Å². The third-order valence-corrected chi connectivity index (χ3v) is 7.66. The zero-order valence-electron chi connectivity index (χ0n) is 27.9. The van der Waals surface area contributed by atoms with Crippen molar-refractivity contribution in [1.29, 1.82) is 10.5 Å². The van der Waals surface area contributed by atoms with Crippen LogP contribution in [0.15, 0.2) is 109 Å². The second-order valence-corrected chi connectivity index (χ2v) is 11.1. The number of amides is 2. The summed E-state index contributed by atoms with van der Waals surface area (Å²) in [5, 5.41) is 18.9. The number of alkyl halides is 4. The Kier molecular flexibility index (Phi) is 14.5. The van der Waals surface area contributed by atoms with Crippen LogP contribution in [0.1, 0.15) is 35.1 Å². The van der Waals surface area contributed by atoms with Crippen molar-refractivity contribution >= 4 is 35.1 Å². The van der Waals surface area contributed by atoms with Gasteiger partial charge in [0.2, 0.25) is 0 Å². The highest BCUT2D eigenvalue weighted by atomic mass is 19.3. The van der Waals surface area contributed by atoms with E-state index in [1.165, 1.54) is 58.3 Å². The number of ether oxygens (including phenoxy) is 2. The van der Waals surface area contributed by atoms with Crippen LogP contribution in [-0.4, -0.2) is 61.0 Å². The van der Waals surface area contributed by atoms with Crippen molar-refractivity contribution in [2.75, 3.05) is 26.2 Å². The maximum Gasteiger partial charge on any atom is 0.387 e. The Morgan fingerprint density at radius 3 is 1.21 bits per heavy atom. The number of benzene rings is 4. The largest absolute Gasteiger partial charge is 0.435 e. The monoisotopic (exact) mass is 710 g/mol. The van der Waals surface area contributed by atoms with Crippen LogP contribution in [0.4, 0.5) is 17.6 Å². The highest BCUT2D eigenvalue weighted by molar-refractivity contribution is 6.25. The highest BCUT2D eigenvalue weighted by Gasteiger charge is 2.24. The number of halogens is 4. The first-order chi connectivity index (χ1) is 25.2. The summed E-state index contributed by atoms with van der Waals surface area (Å²) in [5.74, 6) is -0.961. The molecule has 0 N–H and O–H groups in total. The van der Waals surface area contributed by atoms with E-state index in [0.717, 1.165) is 0 Å². The molecule has 0 aliphatic heterocycles. The van der Waals surface area contributed by atoms with Gasteiger partial charge in [-0.1, -0.05) is 84.9 Å². The fourth-order valence-corrected chi connectivity index (χ4v) is 5.18. The normalized spacial score (nSPS) is 11.5. The molecule has 0 heterocycles. The molecule has 0 saturated heterocycles. The van der Waals surface area contributed by atoms with Crippen LogP contribution < -0.4 is 9.47 Å². The van der Waals surface area contributed by atoms with Crippen molar-refractivity contribution in [3.05, 3.63) is 131 Å². The molecule has 2 amide bonds. The molecule has 0 bridgehead atoms. The zero-order valence-corrected chi connectivity index (χ0v) is 27.9. The summed E-state index contributed by atoms with van der Waals surface area (Å²) in [5.41, 5.74) is 2.73. The Morgan fingerprint density at radius 2 is 0.904 bits per heavy atom. The lowest BCUT2D eigenvalue weighted by Gasteiger charge is -2.29. The van der Waals surface area contributed by atoms with E-state index >= 15 is 0 Å². The van der Waals surface area contributed by atoms with Crippen LogP contribution >= 0.6 is 0 Å². The molecular weight excluding hydrogens is 676 g/mol. The second kappa shape index (κ2) is 19.7. The molecule has 0 saturated carbocycles. The van der Waals surface area contributed by atoms with Crippen molar-refractivity contribution in [2.24, 2.45) is 0 Å². The van der Waals surface area contributed by atoms with Gasteiger partial charge in [-0.05, 0) is 58.7 Å². The molecule has 52 heavy (non-hydrogen) atoms. The lowest BCUT2D eigenvalue weighted by Crippen LogP contribution is -2.42. The first kappa shape index (κ1) is 38.4. The SMILES string of the molecule is N#CCCN(CCN(CCC#N)C(=O)/C(=C/c1ccc(OC(F)F)cc1)c1ccccc1)C(=O)/C(=C/c1ccc(OC(F)F)cc1)c1ccccc1. The number of carbonyl (C=O) groups excluding carboxylic acids is 2.